The molecule has 0 aliphatic rings. The highest BCUT2D eigenvalue weighted by atomic mass is 16.6. The molecular weight excluding hydrogens is 833 g/mol. The van der Waals surface area contributed by atoms with Crippen molar-refractivity contribution < 1.29 is 33.6 Å². The lowest BCUT2D eigenvalue weighted by Gasteiger charge is -2.32. The van der Waals surface area contributed by atoms with Crippen LogP contribution in [0.2, 0.25) is 0 Å². The van der Waals surface area contributed by atoms with Gasteiger partial charge in [-0.2, -0.15) is 0 Å². The minimum Gasteiger partial charge on any atom is -0.491 e. The minimum absolute atomic E-state index is 0.106. The van der Waals surface area contributed by atoms with Crippen molar-refractivity contribution >= 4 is 5.97 Å². The molecule has 1 N–H and O–H groups in total. The number of aliphatic hydroxyl groups excluding tert-OH is 1. The molecule has 7 heteroatoms. The molecule has 352 valence electrons. The van der Waals surface area contributed by atoms with Gasteiger partial charge in [0, 0.05) is 16.9 Å². The van der Waals surface area contributed by atoms with Crippen LogP contribution in [0.4, 0.5) is 0 Å². The van der Waals surface area contributed by atoms with Gasteiger partial charge in [0.15, 0.2) is 6.10 Å². The van der Waals surface area contributed by atoms with Crippen molar-refractivity contribution in [2.24, 2.45) is 0 Å². The Bertz CT molecular complexity index is 2470. The third-order valence-corrected chi connectivity index (χ3v) is 13.6. The van der Waals surface area contributed by atoms with Crippen molar-refractivity contribution in [2.45, 2.75) is 109 Å². The van der Waals surface area contributed by atoms with E-state index in [-0.39, 0.29) is 42.7 Å². The van der Waals surface area contributed by atoms with Gasteiger partial charge in [-0.05, 0) is 106 Å². The van der Waals surface area contributed by atoms with Crippen molar-refractivity contribution in [3.63, 3.8) is 0 Å². The third kappa shape index (κ3) is 12.8. The quantitative estimate of drug-likeness (QED) is 0.0506. The number of carbonyl (C=O) groups excluding carboxylic acids is 1. The molecule has 0 saturated heterocycles. The maximum Gasteiger partial charge on any atom is 0.330 e. The molecule has 3 atom stereocenters. The first-order valence-electron chi connectivity index (χ1n) is 23.6. The summed E-state index contributed by atoms with van der Waals surface area (Å²) in [6.07, 6.45) is 1.50. The monoisotopic (exact) mass is 903 g/mol. The molecule has 6 aromatic rings. The van der Waals surface area contributed by atoms with E-state index in [4.69, 9.17) is 23.7 Å². The van der Waals surface area contributed by atoms with E-state index >= 15 is 0 Å². The third-order valence-electron chi connectivity index (χ3n) is 13.6. The summed E-state index contributed by atoms with van der Waals surface area (Å²) in [6.45, 7) is 23.9. The summed E-state index contributed by atoms with van der Waals surface area (Å²) in [7, 11) is 0. The van der Waals surface area contributed by atoms with Crippen LogP contribution in [0.3, 0.4) is 0 Å². The molecule has 0 heterocycles. The number of hydrogen-bond donors (Lipinski definition) is 1. The molecule has 0 radical (unpaired) electrons. The fraction of sp³-hybridized carbons (Fsp3) is 0.350. The molecular formula is C60H70O7. The molecule has 67 heavy (non-hydrogen) atoms. The standard InChI is InChI=1S/C60H70O7/c1-11-56(62)67-55(41-64-52-33-19-44(20-34-52)43-17-15-14-16-18-43)42-65-54-37-31-49(32-38-54)59(8,9)47-25-27-50(28-26-47)60(10,13-3)66-40-51(61)39-63-53-35-29-48(30-36-53)58(6,7)46-23-21-45(22-24-46)57(4,5)12-2/h11,14-38,51,55,61H,1,12-13,39-42H2,2-10H3. The molecule has 3 unspecified atom stereocenters. The smallest absolute Gasteiger partial charge is 0.330 e. The fourth-order valence-corrected chi connectivity index (χ4v) is 8.04. The predicted molar refractivity (Wildman–Crippen MR) is 271 cm³/mol. The van der Waals surface area contributed by atoms with Crippen LogP contribution >= 0.6 is 0 Å². The molecule has 6 rings (SSSR count). The van der Waals surface area contributed by atoms with Gasteiger partial charge in [0.2, 0.25) is 0 Å². The van der Waals surface area contributed by atoms with Crippen molar-refractivity contribution in [3.05, 3.63) is 198 Å². The van der Waals surface area contributed by atoms with Crippen LogP contribution in [0, 0.1) is 0 Å². The highest BCUT2D eigenvalue weighted by molar-refractivity contribution is 5.81. The summed E-state index contributed by atoms with van der Waals surface area (Å²) in [5, 5.41) is 11.0. The SMILES string of the molecule is C=CC(=O)OC(COc1ccc(-c2ccccc2)cc1)COc1ccc(C(C)(C)c2ccc(C(C)(CC)OCC(O)COc3ccc(C(C)(C)c4ccc(C(C)(C)CC)cc4)cc3)cc2)cc1. The summed E-state index contributed by atoms with van der Waals surface area (Å²) in [6, 6.07) is 51.7. The number of benzene rings is 6. The molecule has 0 bridgehead atoms. The maximum atomic E-state index is 12.2. The van der Waals surface area contributed by atoms with Crippen molar-refractivity contribution in [3.8, 4) is 28.4 Å². The first-order chi connectivity index (χ1) is 32.0. The Morgan fingerprint density at radius 3 is 1.33 bits per heavy atom. The Kier molecular flexibility index (Phi) is 16.6. The number of rotatable bonds is 23. The molecule has 0 aromatic heterocycles. The zero-order valence-corrected chi connectivity index (χ0v) is 41.0. The van der Waals surface area contributed by atoms with Gasteiger partial charge in [-0.25, -0.2) is 4.79 Å². The van der Waals surface area contributed by atoms with Crippen LogP contribution in [0.15, 0.2) is 164 Å². The van der Waals surface area contributed by atoms with Gasteiger partial charge < -0.3 is 28.8 Å². The van der Waals surface area contributed by atoms with E-state index < -0.39 is 23.8 Å². The summed E-state index contributed by atoms with van der Waals surface area (Å²) in [4.78, 5) is 12.2. The second-order valence-corrected chi connectivity index (χ2v) is 19.3. The van der Waals surface area contributed by atoms with Crippen LogP contribution in [-0.2, 0) is 36.1 Å². The molecule has 0 spiro atoms. The zero-order chi connectivity index (χ0) is 48.2. The minimum atomic E-state index is -0.803. The van der Waals surface area contributed by atoms with Gasteiger partial charge in [0.1, 0.15) is 43.2 Å². The molecule has 7 nitrogen and oxygen atoms in total. The largest absolute Gasteiger partial charge is 0.491 e. The lowest BCUT2D eigenvalue weighted by atomic mass is 9.76. The van der Waals surface area contributed by atoms with Gasteiger partial charge in [-0.3, -0.25) is 0 Å². The zero-order valence-electron chi connectivity index (χ0n) is 41.0. The highest BCUT2D eigenvalue weighted by Crippen LogP contribution is 2.37. The lowest BCUT2D eigenvalue weighted by Crippen LogP contribution is -2.32. The van der Waals surface area contributed by atoms with Gasteiger partial charge in [-0.15, -0.1) is 0 Å². The van der Waals surface area contributed by atoms with Gasteiger partial charge in [0.25, 0.3) is 0 Å². The van der Waals surface area contributed by atoms with Gasteiger partial charge in [0.05, 0.1) is 12.2 Å². The van der Waals surface area contributed by atoms with E-state index in [0.717, 1.165) is 46.7 Å². The second-order valence-electron chi connectivity index (χ2n) is 19.3. The Labute approximate surface area is 399 Å². The van der Waals surface area contributed by atoms with E-state index in [1.165, 1.54) is 16.7 Å². The molecule has 0 fully saturated rings. The fourth-order valence-electron chi connectivity index (χ4n) is 8.04. The lowest BCUT2D eigenvalue weighted by molar-refractivity contribution is -0.146. The van der Waals surface area contributed by atoms with Crippen molar-refractivity contribution in [1.29, 1.82) is 0 Å². The Balaban J connectivity index is 0.989. The first-order valence-corrected chi connectivity index (χ1v) is 23.6. The van der Waals surface area contributed by atoms with Crippen LogP contribution < -0.4 is 14.2 Å². The van der Waals surface area contributed by atoms with Crippen LogP contribution in [-0.4, -0.2) is 49.7 Å². The highest BCUT2D eigenvalue weighted by Gasteiger charge is 2.30. The average molecular weight is 903 g/mol. The average Bonchev–Trinajstić information content (AvgIpc) is 3.36. The van der Waals surface area contributed by atoms with E-state index in [2.05, 4.69) is 154 Å². The molecule has 6 aromatic carbocycles. The molecule has 0 aliphatic carbocycles. The number of hydrogen-bond acceptors (Lipinski definition) is 7. The predicted octanol–water partition coefficient (Wildman–Crippen LogP) is 13.3. The summed E-state index contributed by atoms with van der Waals surface area (Å²) < 4.78 is 30.1. The van der Waals surface area contributed by atoms with Crippen LogP contribution in [0.1, 0.15) is 109 Å². The summed E-state index contributed by atoms with van der Waals surface area (Å²) in [5.41, 5.74) is 8.38. The van der Waals surface area contributed by atoms with E-state index in [1.54, 1.807) is 0 Å². The molecule has 0 amide bonds. The normalized spacial score (nSPS) is 13.8. The number of aliphatic hydroxyl groups is 1. The summed E-state index contributed by atoms with van der Waals surface area (Å²) in [5.74, 6) is 1.48. The van der Waals surface area contributed by atoms with Crippen LogP contribution in [0.5, 0.6) is 17.2 Å². The van der Waals surface area contributed by atoms with Gasteiger partial charge in [-0.1, -0.05) is 177 Å². The van der Waals surface area contributed by atoms with E-state index in [9.17, 15) is 9.90 Å². The number of carbonyl (C=O) groups is 1. The topological polar surface area (TPSA) is 83.5 Å². The van der Waals surface area contributed by atoms with E-state index in [0.29, 0.717) is 17.2 Å². The number of esters is 1. The maximum absolute atomic E-state index is 12.2. The van der Waals surface area contributed by atoms with E-state index in [1.807, 2.05) is 66.7 Å². The number of ether oxygens (including phenoxy) is 5. The Morgan fingerprint density at radius 2 is 0.896 bits per heavy atom. The first kappa shape index (κ1) is 50.3. The Hall–Kier alpha value is -6.15. The van der Waals surface area contributed by atoms with Crippen molar-refractivity contribution in [1.82, 2.24) is 0 Å². The summed E-state index contributed by atoms with van der Waals surface area (Å²) >= 11 is 0. The second kappa shape index (κ2) is 22.1. The van der Waals surface area contributed by atoms with Crippen molar-refractivity contribution in [2.75, 3.05) is 26.4 Å². The van der Waals surface area contributed by atoms with Crippen LogP contribution in [0.25, 0.3) is 11.1 Å². The molecule has 0 aliphatic heterocycles. The Morgan fingerprint density at radius 1 is 0.507 bits per heavy atom. The van der Waals surface area contributed by atoms with Gasteiger partial charge >= 0.3 is 5.97 Å². The molecule has 0 saturated carbocycles.